The molecule has 0 saturated heterocycles. The van der Waals surface area contributed by atoms with Crippen molar-refractivity contribution in [3.8, 4) is 11.3 Å². The predicted octanol–water partition coefficient (Wildman–Crippen LogP) is 3.05. The number of hydrogen-bond acceptors (Lipinski definition) is 5. The Morgan fingerprint density at radius 3 is 2.64 bits per heavy atom. The maximum absolute atomic E-state index is 13.0. The summed E-state index contributed by atoms with van der Waals surface area (Å²) < 4.78 is 1.49. The number of nitrogens with two attached hydrogens (primary N) is 1. The van der Waals surface area contributed by atoms with Crippen molar-refractivity contribution < 1.29 is 9.59 Å². The Morgan fingerprint density at radius 2 is 1.96 bits per heavy atom. The van der Waals surface area contributed by atoms with Gasteiger partial charge in [-0.15, -0.1) is 11.3 Å². The Kier molecular flexibility index (Phi) is 4.62. The van der Waals surface area contributed by atoms with E-state index in [-0.39, 0.29) is 23.3 Å². The lowest BCUT2D eigenvalue weighted by Crippen LogP contribution is -2.28. The molecular weight excluding hydrogens is 374 g/mol. The predicted molar refractivity (Wildman–Crippen MR) is 107 cm³/mol. The third-order valence-corrected chi connectivity index (χ3v) is 5.41. The van der Waals surface area contributed by atoms with E-state index in [2.05, 4.69) is 15.3 Å². The van der Waals surface area contributed by atoms with Crippen LogP contribution in [0.25, 0.3) is 16.9 Å². The second-order valence-electron chi connectivity index (χ2n) is 6.25. The molecule has 28 heavy (non-hydrogen) atoms. The summed E-state index contributed by atoms with van der Waals surface area (Å²) in [5.74, 6) is -0.988. The fraction of sp³-hybridized carbons (Fsp3) is 0.100. The van der Waals surface area contributed by atoms with E-state index in [1.807, 2.05) is 54.8 Å². The van der Waals surface area contributed by atoms with Crippen LogP contribution in [0.4, 0.5) is 0 Å². The van der Waals surface area contributed by atoms with Gasteiger partial charge in [0.1, 0.15) is 12.0 Å². The number of primary amides is 1. The Balaban J connectivity index is 1.82. The van der Waals surface area contributed by atoms with E-state index in [1.165, 1.54) is 10.7 Å². The molecule has 0 saturated carbocycles. The number of carbonyl (C=O) groups is 2. The molecule has 0 bridgehead atoms. The molecule has 2 amide bonds. The van der Waals surface area contributed by atoms with Crippen molar-refractivity contribution in [2.24, 2.45) is 5.73 Å². The molecule has 0 spiro atoms. The van der Waals surface area contributed by atoms with E-state index < -0.39 is 5.91 Å². The van der Waals surface area contributed by atoms with E-state index in [9.17, 15) is 9.59 Å². The van der Waals surface area contributed by atoms with E-state index >= 15 is 0 Å². The first-order valence-electron chi connectivity index (χ1n) is 8.62. The summed E-state index contributed by atoms with van der Waals surface area (Å²) in [4.78, 5) is 34.4. The van der Waals surface area contributed by atoms with Crippen molar-refractivity contribution in [3.05, 3.63) is 76.5 Å². The summed E-state index contributed by atoms with van der Waals surface area (Å²) in [7, 11) is 0. The standard InChI is InChI=1S/C20H17N5O2S/c1-12(16-8-5-9-28-16)23-20(27)15-10-14(13-6-3-2-4-7-13)24-19-17(18(21)26)22-11-25(15)19/h2-12H,1H3,(H2,21,26)(H,23,27)/t12-/m1/s1. The van der Waals surface area contributed by atoms with Crippen molar-refractivity contribution in [1.29, 1.82) is 0 Å². The SMILES string of the molecule is C[C@@H](NC(=O)c1cc(-c2ccccc2)nc2c(C(N)=O)ncn12)c1cccs1. The molecule has 3 N–H and O–H groups in total. The van der Waals surface area contributed by atoms with Crippen LogP contribution in [0.15, 0.2) is 60.2 Å². The highest BCUT2D eigenvalue weighted by atomic mass is 32.1. The van der Waals surface area contributed by atoms with Crippen molar-refractivity contribution in [3.63, 3.8) is 0 Å². The van der Waals surface area contributed by atoms with Gasteiger partial charge in [-0.2, -0.15) is 0 Å². The highest BCUT2D eigenvalue weighted by Gasteiger charge is 2.21. The summed E-state index contributed by atoms with van der Waals surface area (Å²) in [5.41, 5.74) is 7.42. The molecule has 3 heterocycles. The van der Waals surface area contributed by atoms with Gasteiger partial charge >= 0.3 is 0 Å². The first-order chi connectivity index (χ1) is 13.5. The molecule has 8 heteroatoms. The zero-order chi connectivity index (χ0) is 19.7. The molecule has 140 valence electrons. The molecule has 0 aliphatic heterocycles. The average Bonchev–Trinajstić information content (AvgIpc) is 3.37. The minimum Gasteiger partial charge on any atom is -0.364 e. The van der Waals surface area contributed by atoms with Gasteiger partial charge in [0.05, 0.1) is 11.7 Å². The van der Waals surface area contributed by atoms with Crippen LogP contribution in [0.2, 0.25) is 0 Å². The van der Waals surface area contributed by atoms with Gasteiger partial charge in [0.15, 0.2) is 11.3 Å². The van der Waals surface area contributed by atoms with E-state index in [4.69, 9.17) is 5.73 Å². The lowest BCUT2D eigenvalue weighted by molar-refractivity contribution is 0.0932. The molecule has 7 nitrogen and oxygen atoms in total. The van der Waals surface area contributed by atoms with Gasteiger partial charge in [-0.3, -0.25) is 14.0 Å². The molecule has 0 unspecified atom stereocenters. The van der Waals surface area contributed by atoms with Crippen LogP contribution in [0, 0.1) is 0 Å². The van der Waals surface area contributed by atoms with Crippen LogP contribution < -0.4 is 11.1 Å². The number of thiophene rings is 1. The van der Waals surface area contributed by atoms with E-state index in [0.29, 0.717) is 11.4 Å². The molecule has 1 aromatic carbocycles. The highest BCUT2D eigenvalue weighted by molar-refractivity contribution is 7.10. The van der Waals surface area contributed by atoms with Crippen LogP contribution in [0.5, 0.6) is 0 Å². The molecule has 0 radical (unpaired) electrons. The number of rotatable bonds is 5. The maximum atomic E-state index is 13.0. The fourth-order valence-corrected chi connectivity index (χ4v) is 3.69. The second kappa shape index (κ2) is 7.24. The van der Waals surface area contributed by atoms with Gasteiger partial charge in [0.2, 0.25) is 0 Å². The van der Waals surface area contributed by atoms with Gasteiger partial charge in [-0.1, -0.05) is 36.4 Å². The average molecular weight is 391 g/mol. The Morgan fingerprint density at radius 1 is 1.18 bits per heavy atom. The number of carbonyl (C=O) groups excluding carboxylic acids is 2. The number of nitrogens with zero attached hydrogens (tertiary/aromatic N) is 3. The largest absolute Gasteiger partial charge is 0.364 e. The van der Waals surface area contributed by atoms with Crippen molar-refractivity contribution in [2.75, 3.05) is 0 Å². The van der Waals surface area contributed by atoms with Crippen LogP contribution in [0.1, 0.15) is 38.8 Å². The zero-order valence-electron chi connectivity index (χ0n) is 15.0. The Labute approximate surface area is 164 Å². The number of amides is 2. The first-order valence-corrected chi connectivity index (χ1v) is 9.50. The van der Waals surface area contributed by atoms with Gasteiger partial charge < -0.3 is 11.1 Å². The molecular formula is C20H17N5O2S. The third-order valence-electron chi connectivity index (χ3n) is 4.35. The molecule has 4 aromatic rings. The first kappa shape index (κ1) is 17.9. The molecule has 0 aliphatic rings. The number of aromatic nitrogens is 3. The van der Waals surface area contributed by atoms with E-state index in [0.717, 1.165) is 10.4 Å². The van der Waals surface area contributed by atoms with Gasteiger partial charge in [0.25, 0.3) is 11.8 Å². The quantitative estimate of drug-likeness (QED) is 0.546. The van der Waals surface area contributed by atoms with Gasteiger partial charge in [-0.05, 0) is 24.4 Å². The number of nitrogens with one attached hydrogen (secondary N) is 1. The number of fused-ring (bicyclic) bond motifs is 1. The number of imidazole rings is 1. The normalized spacial score (nSPS) is 12.0. The number of benzene rings is 1. The van der Waals surface area contributed by atoms with Gasteiger partial charge in [-0.25, -0.2) is 9.97 Å². The summed E-state index contributed by atoms with van der Waals surface area (Å²) in [5, 5.41) is 4.95. The van der Waals surface area contributed by atoms with Crippen LogP contribution in [-0.2, 0) is 0 Å². The maximum Gasteiger partial charge on any atom is 0.271 e. The monoisotopic (exact) mass is 391 g/mol. The van der Waals surface area contributed by atoms with Crippen LogP contribution in [-0.4, -0.2) is 26.2 Å². The fourth-order valence-electron chi connectivity index (χ4n) is 2.96. The van der Waals surface area contributed by atoms with Crippen molar-refractivity contribution in [2.45, 2.75) is 13.0 Å². The molecule has 4 rings (SSSR count). The summed E-state index contributed by atoms with van der Waals surface area (Å²) in [6, 6.07) is 14.9. The summed E-state index contributed by atoms with van der Waals surface area (Å²) in [6.07, 6.45) is 1.39. The summed E-state index contributed by atoms with van der Waals surface area (Å²) >= 11 is 1.57. The Bertz CT molecular complexity index is 1150. The smallest absolute Gasteiger partial charge is 0.271 e. The molecule has 3 aromatic heterocycles. The lowest BCUT2D eigenvalue weighted by Gasteiger charge is -2.14. The zero-order valence-corrected chi connectivity index (χ0v) is 15.8. The highest BCUT2D eigenvalue weighted by Crippen LogP contribution is 2.23. The van der Waals surface area contributed by atoms with Crippen molar-refractivity contribution >= 4 is 28.8 Å². The lowest BCUT2D eigenvalue weighted by atomic mass is 10.1. The van der Waals surface area contributed by atoms with E-state index in [1.54, 1.807) is 17.4 Å². The van der Waals surface area contributed by atoms with Gasteiger partial charge in [0, 0.05) is 10.4 Å². The van der Waals surface area contributed by atoms with Crippen LogP contribution >= 0.6 is 11.3 Å². The molecule has 1 atom stereocenters. The summed E-state index contributed by atoms with van der Waals surface area (Å²) in [6.45, 7) is 1.92. The number of hydrogen-bond donors (Lipinski definition) is 2. The van der Waals surface area contributed by atoms with Crippen LogP contribution in [0.3, 0.4) is 0 Å². The second-order valence-corrected chi connectivity index (χ2v) is 7.23. The third kappa shape index (κ3) is 3.25. The minimum absolute atomic E-state index is 0.0261. The topological polar surface area (TPSA) is 102 Å². The Hall–Kier alpha value is -3.52. The molecule has 0 fully saturated rings. The minimum atomic E-state index is -0.696. The molecule has 0 aliphatic carbocycles. The van der Waals surface area contributed by atoms with Crippen molar-refractivity contribution in [1.82, 2.24) is 19.7 Å².